The van der Waals surface area contributed by atoms with E-state index in [-0.39, 0.29) is 0 Å². The highest BCUT2D eigenvalue weighted by Crippen LogP contribution is 1.74. The first kappa shape index (κ1) is 12.3. The lowest BCUT2D eigenvalue weighted by Crippen LogP contribution is -1.58. The highest BCUT2D eigenvalue weighted by molar-refractivity contribution is 4.88. The minimum Gasteiger partial charge on any atom is -0.265 e. The summed E-state index contributed by atoms with van der Waals surface area (Å²) >= 11 is 0. The van der Waals surface area contributed by atoms with Gasteiger partial charge in [-0.2, -0.15) is 0 Å². The van der Waals surface area contributed by atoms with Crippen LogP contribution in [0.15, 0.2) is 61.2 Å². The van der Waals surface area contributed by atoms with E-state index in [0.717, 1.165) is 0 Å². The fraction of sp³-hybridized carbons (Fsp3) is 0.167. The van der Waals surface area contributed by atoms with Crippen molar-refractivity contribution in [2.24, 2.45) is 0 Å². The minimum atomic E-state index is 1.75. The van der Waals surface area contributed by atoms with Crippen LogP contribution in [0, 0.1) is 0 Å². The summed E-state index contributed by atoms with van der Waals surface area (Å²) in [5.74, 6) is 0. The first-order valence-corrected chi connectivity index (χ1v) is 4.70. The molecule has 0 unspecified atom stereocenters. The molecule has 0 fully saturated rings. The number of hydrogen-bond donors (Lipinski definition) is 0. The van der Waals surface area contributed by atoms with Gasteiger partial charge >= 0.3 is 0 Å². The monoisotopic (exact) mass is 188 g/mol. The Morgan fingerprint density at radius 1 is 0.500 bits per heavy atom. The zero-order valence-corrected chi connectivity index (χ0v) is 8.67. The molecule has 2 rings (SSSR count). The van der Waals surface area contributed by atoms with Crippen molar-refractivity contribution in [3.05, 3.63) is 61.2 Å². The van der Waals surface area contributed by atoms with Gasteiger partial charge in [0.1, 0.15) is 0 Å². The second kappa shape index (κ2) is 11.3. The Kier molecular flexibility index (Phi) is 9.93. The number of rotatable bonds is 0. The molecule has 0 radical (unpaired) electrons. The fourth-order valence-corrected chi connectivity index (χ4v) is 0.625. The number of pyridine rings is 2. The highest BCUT2D eigenvalue weighted by atomic mass is 14.6. The average molecular weight is 188 g/mol. The van der Waals surface area contributed by atoms with E-state index in [9.17, 15) is 0 Å². The van der Waals surface area contributed by atoms with Gasteiger partial charge in [0.2, 0.25) is 0 Å². The summed E-state index contributed by atoms with van der Waals surface area (Å²) < 4.78 is 0. The van der Waals surface area contributed by atoms with Crippen LogP contribution in [-0.4, -0.2) is 9.97 Å². The summed E-state index contributed by atoms with van der Waals surface area (Å²) in [6.45, 7) is 4.00. The lowest BCUT2D eigenvalue weighted by atomic mass is 10.5. The number of nitrogens with zero attached hydrogens (tertiary/aromatic N) is 2. The lowest BCUT2D eigenvalue weighted by Gasteiger charge is -1.70. The van der Waals surface area contributed by atoms with Gasteiger partial charge in [0.25, 0.3) is 0 Å². The van der Waals surface area contributed by atoms with Gasteiger partial charge in [0.05, 0.1) is 0 Å². The molecule has 2 heteroatoms. The Bertz CT molecular complexity index is 184. The molecule has 2 aromatic rings. The quantitative estimate of drug-likeness (QED) is 0.634. The highest BCUT2D eigenvalue weighted by Gasteiger charge is 1.59. The van der Waals surface area contributed by atoms with E-state index in [4.69, 9.17) is 0 Å². The predicted octanol–water partition coefficient (Wildman–Crippen LogP) is 3.19. The standard InChI is InChI=1S/2C5H5N.C2H6/c2*1-2-4-6-5-3-1;1-2/h2*1-5H;1-2H3. The van der Waals surface area contributed by atoms with Gasteiger partial charge in [-0.1, -0.05) is 26.0 Å². The van der Waals surface area contributed by atoms with E-state index < -0.39 is 0 Å². The van der Waals surface area contributed by atoms with Crippen molar-refractivity contribution in [1.29, 1.82) is 0 Å². The molecule has 0 amide bonds. The van der Waals surface area contributed by atoms with Crippen LogP contribution in [-0.2, 0) is 0 Å². The molecule has 0 bridgehead atoms. The van der Waals surface area contributed by atoms with E-state index in [1.807, 2.05) is 50.2 Å². The Labute approximate surface area is 85.7 Å². The van der Waals surface area contributed by atoms with E-state index in [2.05, 4.69) is 9.97 Å². The van der Waals surface area contributed by atoms with Crippen LogP contribution >= 0.6 is 0 Å². The summed E-state index contributed by atoms with van der Waals surface area (Å²) in [6, 6.07) is 11.4. The molecular weight excluding hydrogens is 172 g/mol. The van der Waals surface area contributed by atoms with Crippen LogP contribution in [0.25, 0.3) is 0 Å². The summed E-state index contributed by atoms with van der Waals surface area (Å²) in [5.41, 5.74) is 0. The SMILES string of the molecule is CC.c1ccncc1.c1ccncc1. The molecular formula is C12H16N2. The van der Waals surface area contributed by atoms with E-state index in [1.54, 1.807) is 24.8 Å². The first-order valence-electron chi connectivity index (χ1n) is 4.70. The van der Waals surface area contributed by atoms with Crippen molar-refractivity contribution in [3.63, 3.8) is 0 Å². The van der Waals surface area contributed by atoms with Gasteiger partial charge in [0, 0.05) is 24.8 Å². The molecule has 0 N–H and O–H groups in total. The molecule has 0 aliphatic heterocycles. The second-order valence-electron chi connectivity index (χ2n) is 2.05. The average Bonchev–Trinajstić information content (AvgIpc) is 2.37. The van der Waals surface area contributed by atoms with Crippen molar-refractivity contribution in [3.8, 4) is 0 Å². The largest absolute Gasteiger partial charge is 0.265 e. The van der Waals surface area contributed by atoms with E-state index in [0.29, 0.717) is 0 Å². The molecule has 2 aromatic heterocycles. The molecule has 14 heavy (non-hydrogen) atoms. The Balaban J connectivity index is 0.000000206. The predicted molar refractivity (Wildman–Crippen MR) is 59.8 cm³/mol. The van der Waals surface area contributed by atoms with E-state index in [1.165, 1.54) is 0 Å². The Hall–Kier alpha value is -1.70. The van der Waals surface area contributed by atoms with Crippen LogP contribution < -0.4 is 0 Å². The lowest BCUT2D eigenvalue weighted by molar-refractivity contribution is 1.33. The second-order valence-corrected chi connectivity index (χ2v) is 2.05. The van der Waals surface area contributed by atoms with Crippen molar-refractivity contribution in [2.75, 3.05) is 0 Å². The maximum absolute atomic E-state index is 3.78. The molecule has 2 nitrogen and oxygen atoms in total. The van der Waals surface area contributed by atoms with Gasteiger partial charge < -0.3 is 0 Å². The smallest absolute Gasteiger partial charge is 0.0267 e. The zero-order valence-electron chi connectivity index (χ0n) is 8.67. The van der Waals surface area contributed by atoms with Crippen molar-refractivity contribution in [1.82, 2.24) is 9.97 Å². The molecule has 0 aliphatic rings. The normalized spacial score (nSPS) is 7.29. The molecule has 0 aliphatic carbocycles. The Morgan fingerprint density at radius 2 is 0.786 bits per heavy atom. The fourth-order valence-electron chi connectivity index (χ4n) is 0.625. The minimum absolute atomic E-state index is 1.75. The van der Waals surface area contributed by atoms with Crippen molar-refractivity contribution >= 4 is 0 Å². The third-order valence-electron chi connectivity index (χ3n) is 1.13. The summed E-state index contributed by atoms with van der Waals surface area (Å²) in [4.78, 5) is 7.57. The zero-order chi connectivity index (χ0) is 10.5. The molecule has 74 valence electrons. The molecule has 0 saturated carbocycles. The van der Waals surface area contributed by atoms with Crippen LogP contribution in [0.2, 0.25) is 0 Å². The van der Waals surface area contributed by atoms with Crippen LogP contribution in [0.3, 0.4) is 0 Å². The maximum atomic E-state index is 3.78. The van der Waals surface area contributed by atoms with Crippen molar-refractivity contribution in [2.45, 2.75) is 13.8 Å². The van der Waals surface area contributed by atoms with Crippen molar-refractivity contribution < 1.29 is 0 Å². The first-order chi connectivity index (χ1) is 7.00. The molecule has 2 heterocycles. The molecule has 0 spiro atoms. The summed E-state index contributed by atoms with van der Waals surface area (Å²) in [5, 5.41) is 0. The van der Waals surface area contributed by atoms with Gasteiger partial charge in [-0.15, -0.1) is 0 Å². The third kappa shape index (κ3) is 8.40. The van der Waals surface area contributed by atoms with E-state index >= 15 is 0 Å². The van der Waals surface area contributed by atoms with Gasteiger partial charge in [-0.05, 0) is 24.3 Å². The Morgan fingerprint density at radius 3 is 0.857 bits per heavy atom. The topological polar surface area (TPSA) is 25.8 Å². The molecule has 0 saturated heterocycles. The van der Waals surface area contributed by atoms with Crippen LogP contribution in [0.1, 0.15) is 13.8 Å². The molecule has 0 atom stereocenters. The van der Waals surface area contributed by atoms with Crippen LogP contribution in [0.5, 0.6) is 0 Å². The van der Waals surface area contributed by atoms with Gasteiger partial charge in [-0.25, -0.2) is 0 Å². The summed E-state index contributed by atoms with van der Waals surface area (Å²) in [6.07, 6.45) is 7.00. The van der Waals surface area contributed by atoms with Gasteiger partial charge in [0.15, 0.2) is 0 Å². The maximum Gasteiger partial charge on any atom is 0.0267 e. The third-order valence-corrected chi connectivity index (χ3v) is 1.13. The number of aromatic nitrogens is 2. The van der Waals surface area contributed by atoms with Crippen LogP contribution in [0.4, 0.5) is 0 Å². The van der Waals surface area contributed by atoms with Gasteiger partial charge in [-0.3, -0.25) is 9.97 Å². The number of hydrogen-bond acceptors (Lipinski definition) is 2. The summed E-state index contributed by atoms with van der Waals surface area (Å²) in [7, 11) is 0. The molecule has 0 aromatic carbocycles.